The molecule has 0 aromatic heterocycles. The summed E-state index contributed by atoms with van der Waals surface area (Å²) < 4.78 is 5.22. The predicted molar refractivity (Wildman–Crippen MR) is 83.9 cm³/mol. The van der Waals surface area contributed by atoms with E-state index < -0.39 is 0 Å². The van der Waals surface area contributed by atoms with Crippen molar-refractivity contribution in [3.05, 3.63) is 29.8 Å². The second-order valence-electron chi connectivity index (χ2n) is 5.60. The number of hydrogen-bond donors (Lipinski definition) is 1. The number of benzene rings is 1. The van der Waals surface area contributed by atoms with Crippen LogP contribution in [0.1, 0.15) is 17.3 Å². The van der Waals surface area contributed by atoms with E-state index >= 15 is 0 Å². The Morgan fingerprint density at radius 2 is 1.95 bits per heavy atom. The number of nitrogens with one attached hydrogen (secondary N) is 1. The molecule has 1 aromatic rings. The van der Waals surface area contributed by atoms with Crippen molar-refractivity contribution in [1.29, 1.82) is 0 Å². The number of ether oxygens (including phenoxy) is 1. The maximum absolute atomic E-state index is 12.2. The molecule has 1 heterocycles. The zero-order valence-electron chi connectivity index (χ0n) is 13.1. The number of carbonyl (C=O) groups excluding carboxylic acids is 1. The topological polar surface area (TPSA) is 44.8 Å². The van der Waals surface area contributed by atoms with Gasteiger partial charge in [-0.15, -0.1) is 0 Å². The van der Waals surface area contributed by atoms with Gasteiger partial charge in [-0.05, 0) is 26.1 Å². The summed E-state index contributed by atoms with van der Waals surface area (Å²) in [4.78, 5) is 17.0. The Labute approximate surface area is 126 Å². The zero-order valence-corrected chi connectivity index (χ0v) is 13.1. The highest BCUT2D eigenvalue weighted by Gasteiger charge is 2.20. The maximum Gasteiger partial charge on any atom is 0.255 e. The molecule has 116 valence electrons. The van der Waals surface area contributed by atoms with E-state index in [1.54, 1.807) is 19.2 Å². The first-order valence-corrected chi connectivity index (χ1v) is 7.45. The van der Waals surface area contributed by atoms with Crippen molar-refractivity contribution in [2.45, 2.75) is 13.0 Å². The summed E-state index contributed by atoms with van der Waals surface area (Å²) in [6, 6.07) is 7.65. The number of nitrogens with zero attached hydrogens (tertiary/aromatic N) is 2. The Bertz CT molecular complexity index is 470. The molecular weight excluding hydrogens is 266 g/mol. The largest absolute Gasteiger partial charge is 0.496 e. The summed E-state index contributed by atoms with van der Waals surface area (Å²) >= 11 is 0. The Hall–Kier alpha value is -1.59. The third-order valence-corrected chi connectivity index (χ3v) is 4.07. The summed E-state index contributed by atoms with van der Waals surface area (Å²) in [5, 5.41) is 3.01. The van der Waals surface area contributed by atoms with E-state index in [0.717, 1.165) is 26.2 Å². The van der Waals surface area contributed by atoms with Crippen molar-refractivity contribution in [2.75, 3.05) is 46.9 Å². The molecule has 0 bridgehead atoms. The molecule has 0 aliphatic carbocycles. The lowest BCUT2D eigenvalue weighted by molar-refractivity contribution is 0.0901. The van der Waals surface area contributed by atoms with Crippen LogP contribution in [0.25, 0.3) is 0 Å². The van der Waals surface area contributed by atoms with Crippen LogP contribution in [-0.2, 0) is 0 Å². The van der Waals surface area contributed by atoms with Gasteiger partial charge in [0.2, 0.25) is 0 Å². The van der Waals surface area contributed by atoms with E-state index in [9.17, 15) is 4.79 Å². The van der Waals surface area contributed by atoms with Gasteiger partial charge in [0.05, 0.1) is 12.7 Å². The molecule has 2 rings (SSSR count). The van der Waals surface area contributed by atoms with E-state index in [4.69, 9.17) is 4.74 Å². The highest BCUT2D eigenvalue weighted by molar-refractivity contribution is 5.96. The molecule has 1 saturated heterocycles. The Morgan fingerprint density at radius 3 is 2.62 bits per heavy atom. The van der Waals surface area contributed by atoms with E-state index in [0.29, 0.717) is 23.9 Å². The highest BCUT2D eigenvalue weighted by atomic mass is 16.5. The number of carbonyl (C=O) groups is 1. The van der Waals surface area contributed by atoms with Gasteiger partial charge in [-0.3, -0.25) is 9.69 Å². The van der Waals surface area contributed by atoms with Crippen molar-refractivity contribution in [1.82, 2.24) is 15.1 Å². The van der Waals surface area contributed by atoms with Crippen molar-refractivity contribution >= 4 is 5.91 Å². The summed E-state index contributed by atoms with van der Waals surface area (Å²) in [6.45, 7) is 7.11. The fourth-order valence-electron chi connectivity index (χ4n) is 2.56. The van der Waals surface area contributed by atoms with Crippen molar-refractivity contribution in [3.8, 4) is 5.75 Å². The maximum atomic E-state index is 12.2. The first-order valence-electron chi connectivity index (χ1n) is 7.45. The number of likely N-dealkylation sites (N-methyl/N-ethyl adjacent to an activating group) is 1. The molecule has 1 fully saturated rings. The summed E-state index contributed by atoms with van der Waals surface area (Å²) in [6.07, 6.45) is 0. The van der Waals surface area contributed by atoms with Gasteiger partial charge in [0, 0.05) is 38.8 Å². The molecule has 1 amide bonds. The fourth-order valence-corrected chi connectivity index (χ4v) is 2.56. The minimum Gasteiger partial charge on any atom is -0.496 e. The van der Waals surface area contributed by atoms with Crippen molar-refractivity contribution in [2.24, 2.45) is 0 Å². The van der Waals surface area contributed by atoms with Crippen LogP contribution in [0, 0.1) is 0 Å². The van der Waals surface area contributed by atoms with Gasteiger partial charge < -0.3 is 15.0 Å². The lowest BCUT2D eigenvalue weighted by atomic mass is 10.1. The number of piperazine rings is 1. The van der Waals surface area contributed by atoms with E-state index in [1.165, 1.54) is 0 Å². The molecule has 1 N–H and O–H groups in total. The van der Waals surface area contributed by atoms with Crippen LogP contribution in [0.5, 0.6) is 5.75 Å². The first-order chi connectivity index (χ1) is 10.1. The van der Waals surface area contributed by atoms with Gasteiger partial charge in [0.15, 0.2) is 0 Å². The Balaban J connectivity index is 1.86. The van der Waals surface area contributed by atoms with Crippen LogP contribution in [0.3, 0.4) is 0 Å². The van der Waals surface area contributed by atoms with Gasteiger partial charge in [-0.2, -0.15) is 0 Å². The highest BCUT2D eigenvalue weighted by Crippen LogP contribution is 2.16. The number of rotatable bonds is 5. The minimum atomic E-state index is -0.0755. The van der Waals surface area contributed by atoms with Crippen LogP contribution < -0.4 is 10.1 Å². The lowest BCUT2D eigenvalue weighted by Crippen LogP contribution is -2.51. The molecule has 1 aromatic carbocycles. The number of methoxy groups -OCH3 is 1. The normalized spacial score (nSPS) is 18.2. The number of amides is 1. The molecule has 5 nitrogen and oxygen atoms in total. The molecule has 1 unspecified atom stereocenters. The first kappa shape index (κ1) is 15.8. The third-order valence-electron chi connectivity index (χ3n) is 4.07. The van der Waals surface area contributed by atoms with Crippen molar-refractivity contribution < 1.29 is 9.53 Å². The summed E-state index contributed by atoms with van der Waals surface area (Å²) in [5.74, 6) is 0.538. The van der Waals surface area contributed by atoms with Crippen LogP contribution in [-0.4, -0.2) is 68.6 Å². The van der Waals surface area contributed by atoms with Crippen LogP contribution in [0.2, 0.25) is 0 Å². The standard InChI is InChI=1S/C16H25N3O2/c1-13(19-10-8-18(2)9-11-19)12-17-16(20)14-6-4-5-7-15(14)21-3/h4-7,13H,8-12H2,1-3H3,(H,17,20). The minimum absolute atomic E-state index is 0.0755. The van der Waals surface area contributed by atoms with Gasteiger partial charge >= 0.3 is 0 Å². The molecule has 21 heavy (non-hydrogen) atoms. The van der Waals surface area contributed by atoms with Gasteiger partial charge in [-0.25, -0.2) is 0 Å². The monoisotopic (exact) mass is 291 g/mol. The molecule has 0 spiro atoms. The summed E-state index contributed by atoms with van der Waals surface area (Å²) in [7, 11) is 3.73. The summed E-state index contributed by atoms with van der Waals surface area (Å²) in [5.41, 5.74) is 0.588. The van der Waals surface area contributed by atoms with Gasteiger partial charge in [0.1, 0.15) is 5.75 Å². The van der Waals surface area contributed by atoms with E-state index in [2.05, 4.69) is 29.1 Å². The third kappa shape index (κ3) is 4.19. The molecule has 1 aliphatic heterocycles. The predicted octanol–water partition coefficient (Wildman–Crippen LogP) is 1.06. The average molecular weight is 291 g/mol. The van der Waals surface area contributed by atoms with Crippen LogP contribution in [0.15, 0.2) is 24.3 Å². The molecule has 0 radical (unpaired) electrons. The van der Waals surface area contributed by atoms with Gasteiger partial charge in [0.25, 0.3) is 5.91 Å². The second kappa shape index (κ2) is 7.43. The molecule has 0 saturated carbocycles. The van der Waals surface area contributed by atoms with E-state index in [-0.39, 0.29) is 5.91 Å². The van der Waals surface area contributed by atoms with Crippen molar-refractivity contribution in [3.63, 3.8) is 0 Å². The molecule has 1 atom stereocenters. The lowest BCUT2D eigenvalue weighted by Gasteiger charge is -2.36. The number of hydrogen-bond acceptors (Lipinski definition) is 4. The number of para-hydroxylation sites is 1. The Kier molecular flexibility index (Phi) is 5.59. The smallest absolute Gasteiger partial charge is 0.255 e. The average Bonchev–Trinajstić information content (AvgIpc) is 2.52. The molecule has 5 heteroatoms. The van der Waals surface area contributed by atoms with Gasteiger partial charge in [-0.1, -0.05) is 12.1 Å². The Morgan fingerprint density at radius 1 is 1.29 bits per heavy atom. The van der Waals surface area contributed by atoms with E-state index in [1.807, 2.05) is 12.1 Å². The zero-order chi connectivity index (χ0) is 15.2. The van der Waals surface area contributed by atoms with Crippen LogP contribution in [0.4, 0.5) is 0 Å². The molecular formula is C16H25N3O2. The molecule has 1 aliphatic rings. The second-order valence-corrected chi connectivity index (χ2v) is 5.60. The fraction of sp³-hybridized carbons (Fsp3) is 0.562. The SMILES string of the molecule is COc1ccccc1C(=O)NCC(C)N1CCN(C)CC1. The van der Waals surface area contributed by atoms with Crippen LogP contribution >= 0.6 is 0 Å². The quantitative estimate of drug-likeness (QED) is 0.881.